The van der Waals surface area contributed by atoms with E-state index < -0.39 is 10.0 Å². The summed E-state index contributed by atoms with van der Waals surface area (Å²) in [6, 6.07) is -0.0675. The van der Waals surface area contributed by atoms with Gasteiger partial charge in [-0.15, -0.1) is 0 Å². The van der Waals surface area contributed by atoms with E-state index in [-0.39, 0.29) is 11.0 Å². The number of nitrogens with zero attached hydrogens (tertiary/aromatic N) is 2. The first-order valence-corrected chi connectivity index (χ1v) is 5.49. The maximum absolute atomic E-state index is 11.6. The third-order valence-electron chi connectivity index (χ3n) is 1.60. The van der Waals surface area contributed by atoms with Crippen LogP contribution in [-0.2, 0) is 10.0 Å². The van der Waals surface area contributed by atoms with Crippen molar-refractivity contribution in [3.05, 3.63) is 24.5 Å². The monoisotopic (exact) mass is 228 g/mol. The molecule has 2 rings (SSSR count). The predicted molar refractivity (Wildman–Crippen MR) is 50.6 cm³/mol. The number of oxazole rings is 1. The molecule has 15 heavy (non-hydrogen) atoms. The highest BCUT2D eigenvalue weighted by molar-refractivity contribution is 7.92. The van der Waals surface area contributed by atoms with E-state index in [0.29, 0.717) is 5.69 Å². The van der Waals surface area contributed by atoms with Crippen molar-refractivity contribution < 1.29 is 12.8 Å². The number of aromatic nitrogens is 3. The Hall–Kier alpha value is -1.83. The van der Waals surface area contributed by atoms with Crippen molar-refractivity contribution in [3.8, 4) is 0 Å². The first kappa shape index (κ1) is 9.71. The van der Waals surface area contributed by atoms with Crippen LogP contribution in [0.3, 0.4) is 0 Å². The van der Waals surface area contributed by atoms with Crippen LogP contribution in [0.2, 0.25) is 0 Å². The van der Waals surface area contributed by atoms with E-state index in [4.69, 9.17) is 4.42 Å². The zero-order valence-corrected chi connectivity index (χ0v) is 8.58. The Kier molecular flexibility index (Phi) is 2.19. The number of sulfonamides is 1. The van der Waals surface area contributed by atoms with Crippen molar-refractivity contribution in [3.63, 3.8) is 0 Å². The minimum Gasteiger partial charge on any atom is -0.431 e. The molecule has 0 aromatic carbocycles. The summed E-state index contributed by atoms with van der Waals surface area (Å²) in [6.07, 6.45) is 3.82. The van der Waals surface area contributed by atoms with Crippen LogP contribution in [0, 0.1) is 6.92 Å². The molecule has 2 heterocycles. The molecule has 2 aromatic heterocycles. The van der Waals surface area contributed by atoms with Gasteiger partial charge in [-0.2, -0.15) is 13.4 Å². The van der Waals surface area contributed by atoms with Crippen LogP contribution >= 0.6 is 0 Å². The van der Waals surface area contributed by atoms with Gasteiger partial charge in [0.2, 0.25) is 0 Å². The second-order valence-electron chi connectivity index (χ2n) is 2.82. The third kappa shape index (κ3) is 1.99. The number of nitrogens with one attached hydrogen (secondary N) is 2. The molecule has 0 aliphatic carbocycles. The van der Waals surface area contributed by atoms with Crippen LogP contribution in [0.4, 0.5) is 6.01 Å². The van der Waals surface area contributed by atoms with Gasteiger partial charge in [-0.05, 0) is 6.92 Å². The highest BCUT2D eigenvalue weighted by Gasteiger charge is 2.17. The topological polar surface area (TPSA) is 101 Å². The van der Waals surface area contributed by atoms with E-state index in [0.717, 1.165) is 0 Å². The first-order chi connectivity index (χ1) is 7.08. The normalized spacial score (nSPS) is 11.5. The van der Waals surface area contributed by atoms with Crippen LogP contribution in [-0.4, -0.2) is 23.4 Å². The zero-order chi connectivity index (χ0) is 10.9. The Bertz CT molecular complexity index is 543. The van der Waals surface area contributed by atoms with Crippen molar-refractivity contribution in [1.82, 2.24) is 15.0 Å². The second kappa shape index (κ2) is 3.39. The summed E-state index contributed by atoms with van der Waals surface area (Å²) < 4.78 is 30.2. The average molecular weight is 228 g/mol. The SMILES string of the molecule is Cc1coc(NS(=O)(=O)c2cnc[nH]2)n1. The maximum Gasteiger partial charge on any atom is 0.309 e. The smallest absolute Gasteiger partial charge is 0.309 e. The Balaban J connectivity index is 2.26. The molecule has 0 aliphatic rings. The van der Waals surface area contributed by atoms with E-state index in [9.17, 15) is 8.42 Å². The lowest BCUT2D eigenvalue weighted by Crippen LogP contribution is -2.13. The highest BCUT2D eigenvalue weighted by atomic mass is 32.2. The molecule has 0 saturated heterocycles. The van der Waals surface area contributed by atoms with Crippen LogP contribution in [0.15, 0.2) is 28.2 Å². The number of anilines is 1. The third-order valence-corrected chi connectivity index (χ3v) is 2.85. The van der Waals surface area contributed by atoms with Gasteiger partial charge in [0, 0.05) is 0 Å². The van der Waals surface area contributed by atoms with E-state index in [1.54, 1.807) is 6.92 Å². The molecule has 80 valence electrons. The number of hydrogen-bond acceptors (Lipinski definition) is 5. The minimum atomic E-state index is -3.68. The molecule has 0 spiro atoms. The van der Waals surface area contributed by atoms with Crippen LogP contribution < -0.4 is 4.72 Å². The summed E-state index contributed by atoms with van der Waals surface area (Å²) >= 11 is 0. The van der Waals surface area contributed by atoms with E-state index >= 15 is 0 Å². The number of rotatable bonds is 3. The molecule has 0 fully saturated rings. The zero-order valence-electron chi connectivity index (χ0n) is 7.76. The number of hydrogen-bond donors (Lipinski definition) is 2. The van der Waals surface area contributed by atoms with Crippen LogP contribution in [0.1, 0.15) is 5.69 Å². The van der Waals surface area contributed by atoms with Gasteiger partial charge in [0.1, 0.15) is 6.26 Å². The molecule has 2 aromatic rings. The van der Waals surface area contributed by atoms with E-state index in [2.05, 4.69) is 19.7 Å². The number of imidazole rings is 1. The fraction of sp³-hybridized carbons (Fsp3) is 0.143. The molecule has 7 nitrogen and oxygen atoms in total. The van der Waals surface area contributed by atoms with Crippen molar-refractivity contribution in [2.45, 2.75) is 11.9 Å². The van der Waals surface area contributed by atoms with Crippen LogP contribution in [0.25, 0.3) is 0 Å². The molecular weight excluding hydrogens is 220 g/mol. The average Bonchev–Trinajstić information content (AvgIpc) is 2.75. The lowest BCUT2D eigenvalue weighted by Gasteiger charge is -1.99. The molecule has 8 heteroatoms. The quantitative estimate of drug-likeness (QED) is 0.796. The van der Waals surface area contributed by atoms with Gasteiger partial charge in [0.15, 0.2) is 5.03 Å². The fourth-order valence-corrected chi connectivity index (χ4v) is 1.80. The number of aryl methyl sites for hydroxylation is 1. The maximum atomic E-state index is 11.6. The number of aromatic amines is 1. The molecular formula is C7H8N4O3S. The van der Waals surface area contributed by atoms with Crippen molar-refractivity contribution in [1.29, 1.82) is 0 Å². The van der Waals surface area contributed by atoms with Crippen molar-refractivity contribution in [2.75, 3.05) is 4.72 Å². The van der Waals surface area contributed by atoms with Gasteiger partial charge < -0.3 is 9.40 Å². The van der Waals surface area contributed by atoms with Gasteiger partial charge >= 0.3 is 6.01 Å². The second-order valence-corrected chi connectivity index (χ2v) is 4.47. The molecule has 0 aliphatic heterocycles. The van der Waals surface area contributed by atoms with E-state index in [1.165, 1.54) is 18.8 Å². The Morgan fingerprint density at radius 1 is 1.53 bits per heavy atom. The molecule has 0 bridgehead atoms. The standard InChI is InChI=1S/C7H8N4O3S/c1-5-3-14-7(10-5)11-15(12,13)6-2-8-4-9-6/h2-4H,1H3,(H,8,9)(H,10,11). The summed E-state index contributed by atoms with van der Waals surface area (Å²) in [6.45, 7) is 1.69. The van der Waals surface area contributed by atoms with Crippen LogP contribution in [0.5, 0.6) is 0 Å². The Morgan fingerprint density at radius 3 is 2.87 bits per heavy atom. The molecule has 0 amide bonds. The Labute approximate surface area is 85.6 Å². The van der Waals surface area contributed by atoms with E-state index in [1.807, 2.05) is 0 Å². The first-order valence-electron chi connectivity index (χ1n) is 4.01. The summed E-state index contributed by atoms with van der Waals surface area (Å²) in [7, 11) is -3.68. The molecule has 0 unspecified atom stereocenters. The molecule has 0 atom stereocenters. The summed E-state index contributed by atoms with van der Waals surface area (Å²) in [5, 5.41) is -0.0432. The van der Waals surface area contributed by atoms with Gasteiger partial charge in [-0.25, -0.2) is 9.71 Å². The predicted octanol–water partition coefficient (Wildman–Crippen LogP) is 0.507. The number of H-pyrrole nitrogens is 1. The molecule has 0 saturated carbocycles. The van der Waals surface area contributed by atoms with Crippen molar-refractivity contribution in [2.24, 2.45) is 0 Å². The summed E-state index contributed by atoms with van der Waals surface area (Å²) in [5.74, 6) is 0. The highest BCUT2D eigenvalue weighted by Crippen LogP contribution is 2.12. The molecule has 0 radical (unpaired) electrons. The summed E-state index contributed by atoms with van der Waals surface area (Å²) in [4.78, 5) is 9.90. The Morgan fingerprint density at radius 2 is 2.33 bits per heavy atom. The molecule has 2 N–H and O–H groups in total. The van der Waals surface area contributed by atoms with Gasteiger partial charge in [-0.3, -0.25) is 0 Å². The van der Waals surface area contributed by atoms with Gasteiger partial charge in [0.25, 0.3) is 10.0 Å². The lowest BCUT2D eigenvalue weighted by atomic mass is 10.6. The largest absolute Gasteiger partial charge is 0.431 e. The van der Waals surface area contributed by atoms with Crippen molar-refractivity contribution >= 4 is 16.0 Å². The van der Waals surface area contributed by atoms with Gasteiger partial charge in [0.05, 0.1) is 18.2 Å². The fourth-order valence-electron chi connectivity index (χ4n) is 0.961. The summed E-state index contributed by atoms with van der Waals surface area (Å²) in [5.41, 5.74) is 0.595. The van der Waals surface area contributed by atoms with Gasteiger partial charge in [-0.1, -0.05) is 0 Å². The minimum absolute atomic E-state index is 0.0432. The lowest BCUT2D eigenvalue weighted by molar-refractivity contribution is 0.568.